The highest BCUT2D eigenvalue weighted by Gasteiger charge is 2.24. The number of hydrogen-bond acceptors (Lipinski definition) is 4. The second kappa shape index (κ2) is 6.71. The summed E-state index contributed by atoms with van der Waals surface area (Å²) in [6.45, 7) is 0.531. The van der Waals surface area contributed by atoms with Gasteiger partial charge in [-0.3, -0.25) is 4.79 Å². The molecule has 0 aliphatic carbocycles. The number of rotatable bonds is 3. The minimum atomic E-state index is -3.95. The fourth-order valence-corrected chi connectivity index (χ4v) is 3.46. The van der Waals surface area contributed by atoms with Gasteiger partial charge < -0.3 is 10.1 Å². The van der Waals surface area contributed by atoms with Gasteiger partial charge in [-0.2, -0.15) is 0 Å². The van der Waals surface area contributed by atoms with Crippen molar-refractivity contribution in [2.75, 3.05) is 11.9 Å². The standard InChI is InChI=1S/C12H12Cl3NO4S/c13-8-5-7(21(15,18)19)6-9(14)11(8)16-12(17)10-3-1-2-4-20-10/h5-6,10H,1-4H2,(H,16,17). The highest BCUT2D eigenvalue weighted by molar-refractivity contribution is 8.13. The van der Waals surface area contributed by atoms with Crippen LogP contribution in [0.25, 0.3) is 0 Å². The largest absolute Gasteiger partial charge is 0.368 e. The highest BCUT2D eigenvalue weighted by Crippen LogP contribution is 2.34. The minimum absolute atomic E-state index is 0.00844. The SMILES string of the molecule is O=C(Nc1c(Cl)cc(S(=O)(=O)Cl)cc1Cl)C1CCCCO1. The summed E-state index contributed by atoms with van der Waals surface area (Å²) in [5, 5.41) is 2.54. The van der Waals surface area contributed by atoms with Crippen LogP contribution in [0, 0.1) is 0 Å². The Morgan fingerprint density at radius 3 is 2.33 bits per heavy atom. The average molecular weight is 373 g/mol. The molecule has 1 fully saturated rings. The predicted octanol–water partition coefficient (Wildman–Crippen LogP) is 3.43. The lowest BCUT2D eigenvalue weighted by atomic mass is 10.1. The van der Waals surface area contributed by atoms with E-state index in [1.54, 1.807) is 0 Å². The molecule has 1 aromatic rings. The van der Waals surface area contributed by atoms with E-state index in [2.05, 4.69) is 5.32 Å². The number of halogens is 3. The molecule has 1 aliphatic rings. The normalized spacial score (nSPS) is 19.3. The fourth-order valence-electron chi connectivity index (χ4n) is 1.96. The Balaban J connectivity index is 2.22. The van der Waals surface area contributed by atoms with Crippen LogP contribution in [0.3, 0.4) is 0 Å². The van der Waals surface area contributed by atoms with E-state index in [0.29, 0.717) is 13.0 Å². The van der Waals surface area contributed by atoms with Gasteiger partial charge in [0.1, 0.15) is 6.10 Å². The lowest BCUT2D eigenvalue weighted by Gasteiger charge is -2.22. The van der Waals surface area contributed by atoms with Gasteiger partial charge in [0.25, 0.3) is 15.0 Å². The smallest absolute Gasteiger partial charge is 0.261 e. The molecule has 116 valence electrons. The molecule has 0 bridgehead atoms. The molecule has 1 aliphatic heterocycles. The first-order chi connectivity index (χ1) is 9.79. The minimum Gasteiger partial charge on any atom is -0.368 e. The maximum Gasteiger partial charge on any atom is 0.261 e. The van der Waals surface area contributed by atoms with Crippen LogP contribution in [0.4, 0.5) is 5.69 Å². The van der Waals surface area contributed by atoms with Gasteiger partial charge in [-0.15, -0.1) is 0 Å². The van der Waals surface area contributed by atoms with E-state index in [4.69, 9.17) is 38.6 Å². The summed E-state index contributed by atoms with van der Waals surface area (Å²) in [6.07, 6.45) is 1.90. The number of ether oxygens (including phenoxy) is 1. The summed E-state index contributed by atoms with van der Waals surface area (Å²) in [6, 6.07) is 2.26. The van der Waals surface area contributed by atoms with Crippen LogP contribution >= 0.6 is 33.9 Å². The quantitative estimate of drug-likeness (QED) is 0.825. The van der Waals surface area contributed by atoms with E-state index in [1.165, 1.54) is 0 Å². The molecule has 5 nitrogen and oxygen atoms in total. The van der Waals surface area contributed by atoms with Crippen LogP contribution in [-0.2, 0) is 18.6 Å². The second-order valence-corrected chi connectivity index (χ2v) is 7.92. The van der Waals surface area contributed by atoms with Crippen LogP contribution in [0.2, 0.25) is 10.0 Å². The van der Waals surface area contributed by atoms with E-state index in [0.717, 1.165) is 25.0 Å². The van der Waals surface area contributed by atoms with E-state index in [-0.39, 0.29) is 26.5 Å². The Bertz CT molecular complexity index is 633. The van der Waals surface area contributed by atoms with E-state index >= 15 is 0 Å². The summed E-state index contributed by atoms with van der Waals surface area (Å²) in [4.78, 5) is 11.8. The summed E-state index contributed by atoms with van der Waals surface area (Å²) in [5.41, 5.74) is 0.140. The van der Waals surface area contributed by atoms with Gasteiger partial charge >= 0.3 is 0 Å². The third-order valence-electron chi connectivity index (χ3n) is 3.02. The number of nitrogens with one attached hydrogen (secondary N) is 1. The molecule has 21 heavy (non-hydrogen) atoms. The first-order valence-electron chi connectivity index (χ1n) is 6.15. The topological polar surface area (TPSA) is 72.5 Å². The Morgan fingerprint density at radius 1 is 1.24 bits per heavy atom. The molecule has 9 heteroatoms. The zero-order valence-corrected chi connectivity index (χ0v) is 13.8. The molecule has 1 saturated heterocycles. The van der Waals surface area contributed by atoms with Gasteiger partial charge in [0, 0.05) is 17.3 Å². The number of carbonyl (C=O) groups is 1. The molecule has 0 radical (unpaired) electrons. The Kier molecular flexibility index (Phi) is 5.38. The van der Waals surface area contributed by atoms with Crippen LogP contribution in [0.1, 0.15) is 19.3 Å². The summed E-state index contributed by atoms with van der Waals surface area (Å²) >= 11 is 11.9. The lowest BCUT2D eigenvalue weighted by molar-refractivity contribution is -0.129. The van der Waals surface area contributed by atoms with Crippen molar-refractivity contribution in [2.45, 2.75) is 30.3 Å². The predicted molar refractivity (Wildman–Crippen MR) is 81.7 cm³/mol. The van der Waals surface area contributed by atoms with Gasteiger partial charge in [-0.25, -0.2) is 8.42 Å². The van der Waals surface area contributed by atoms with Crippen molar-refractivity contribution < 1.29 is 17.9 Å². The molecular formula is C12H12Cl3NO4S. The average Bonchev–Trinajstić information content (AvgIpc) is 2.42. The molecule has 0 spiro atoms. The first-order valence-corrected chi connectivity index (χ1v) is 9.22. The van der Waals surface area contributed by atoms with Crippen molar-refractivity contribution in [3.8, 4) is 0 Å². The molecule has 1 amide bonds. The van der Waals surface area contributed by atoms with Crippen molar-refractivity contribution in [2.24, 2.45) is 0 Å². The third kappa shape index (κ3) is 4.23. The van der Waals surface area contributed by atoms with Crippen LogP contribution < -0.4 is 5.32 Å². The Morgan fingerprint density at radius 2 is 1.86 bits per heavy atom. The molecule has 1 unspecified atom stereocenters. The number of carbonyl (C=O) groups excluding carboxylic acids is 1. The van der Waals surface area contributed by atoms with Crippen LogP contribution in [-0.4, -0.2) is 27.0 Å². The summed E-state index contributed by atoms with van der Waals surface area (Å²) in [5.74, 6) is -0.361. The van der Waals surface area contributed by atoms with Gasteiger partial charge in [0.15, 0.2) is 0 Å². The zero-order chi connectivity index (χ0) is 15.6. The van der Waals surface area contributed by atoms with Crippen molar-refractivity contribution in [3.05, 3.63) is 22.2 Å². The Labute approximate surface area is 136 Å². The third-order valence-corrected chi connectivity index (χ3v) is 4.95. The van der Waals surface area contributed by atoms with Crippen molar-refractivity contribution in [3.63, 3.8) is 0 Å². The summed E-state index contributed by atoms with van der Waals surface area (Å²) < 4.78 is 27.9. The number of amides is 1. The van der Waals surface area contributed by atoms with Crippen LogP contribution in [0.5, 0.6) is 0 Å². The Hall–Kier alpha value is -0.530. The lowest BCUT2D eigenvalue weighted by Crippen LogP contribution is -2.33. The van der Waals surface area contributed by atoms with Gasteiger partial charge in [0.2, 0.25) is 0 Å². The molecule has 1 heterocycles. The zero-order valence-electron chi connectivity index (χ0n) is 10.7. The summed E-state index contributed by atoms with van der Waals surface area (Å²) in [7, 11) is 1.28. The number of benzene rings is 1. The monoisotopic (exact) mass is 371 g/mol. The second-order valence-electron chi connectivity index (χ2n) is 4.54. The fraction of sp³-hybridized carbons (Fsp3) is 0.417. The van der Waals surface area contributed by atoms with E-state index in [9.17, 15) is 13.2 Å². The maximum absolute atomic E-state index is 12.1. The molecule has 1 atom stereocenters. The van der Waals surface area contributed by atoms with Gasteiger partial charge in [-0.1, -0.05) is 23.2 Å². The number of anilines is 1. The van der Waals surface area contributed by atoms with E-state index < -0.39 is 15.2 Å². The van der Waals surface area contributed by atoms with E-state index in [1.807, 2.05) is 0 Å². The molecule has 0 aromatic heterocycles. The van der Waals surface area contributed by atoms with Crippen molar-refractivity contribution in [1.29, 1.82) is 0 Å². The van der Waals surface area contributed by atoms with Crippen molar-refractivity contribution >= 4 is 54.5 Å². The van der Waals surface area contributed by atoms with Gasteiger partial charge in [-0.05, 0) is 31.4 Å². The first kappa shape index (κ1) is 16.8. The molecule has 1 aromatic carbocycles. The highest BCUT2D eigenvalue weighted by atomic mass is 35.7. The maximum atomic E-state index is 12.1. The molecule has 2 rings (SSSR count). The molecule has 1 N–H and O–H groups in total. The van der Waals surface area contributed by atoms with Crippen molar-refractivity contribution in [1.82, 2.24) is 0 Å². The van der Waals surface area contributed by atoms with Gasteiger partial charge in [0.05, 0.1) is 20.6 Å². The van der Waals surface area contributed by atoms with Crippen LogP contribution in [0.15, 0.2) is 17.0 Å². The molecular weight excluding hydrogens is 361 g/mol. The molecule has 0 saturated carbocycles. The number of hydrogen-bond donors (Lipinski definition) is 1.